The molecule has 1 aliphatic heterocycles. The predicted molar refractivity (Wildman–Crippen MR) is 87.2 cm³/mol. The Balaban J connectivity index is 1.74. The summed E-state index contributed by atoms with van der Waals surface area (Å²) in [5.41, 5.74) is 2.60. The molecule has 3 rings (SSSR count). The summed E-state index contributed by atoms with van der Waals surface area (Å²) in [5.74, 6) is 0. The molecule has 1 aliphatic rings. The number of imidazole rings is 1. The first kappa shape index (κ1) is 15.2. The summed E-state index contributed by atoms with van der Waals surface area (Å²) < 4.78 is 2.12. The predicted octanol–water partition coefficient (Wildman–Crippen LogP) is 1.91. The number of aromatic nitrogens is 3. The molecule has 0 bridgehead atoms. The summed E-state index contributed by atoms with van der Waals surface area (Å²) in [6.45, 7) is 4.29. The Morgan fingerprint density at radius 1 is 1.09 bits per heavy atom. The number of hydrogen-bond acceptors (Lipinski definition) is 4. The molecular formula is C17H25N5. The second-order valence-electron chi connectivity index (χ2n) is 6.29. The highest BCUT2D eigenvalue weighted by atomic mass is 15.2. The number of aryl methyl sites for hydroxylation is 1. The van der Waals surface area contributed by atoms with E-state index in [0.717, 1.165) is 13.1 Å². The average molecular weight is 299 g/mol. The topological polar surface area (TPSA) is 37.2 Å². The Bertz CT molecular complexity index is 572. The quantitative estimate of drug-likeness (QED) is 0.845. The maximum atomic E-state index is 4.26. The minimum atomic E-state index is 0.638. The van der Waals surface area contributed by atoms with Crippen molar-refractivity contribution < 1.29 is 0 Å². The number of rotatable bonds is 5. The molecule has 0 N–H and O–H groups in total. The van der Waals surface area contributed by atoms with Gasteiger partial charge in [0, 0.05) is 44.8 Å². The molecule has 0 spiro atoms. The summed E-state index contributed by atoms with van der Waals surface area (Å²) >= 11 is 0. The molecule has 2 aromatic heterocycles. The first-order valence-corrected chi connectivity index (χ1v) is 7.99. The lowest BCUT2D eigenvalue weighted by Crippen LogP contribution is -2.43. The molecule has 22 heavy (non-hydrogen) atoms. The van der Waals surface area contributed by atoms with E-state index in [1.807, 2.05) is 24.9 Å². The molecule has 0 saturated carbocycles. The van der Waals surface area contributed by atoms with Crippen molar-refractivity contribution in [1.29, 1.82) is 0 Å². The minimum absolute atomic E-state index is 0.638. The van der Waals surface area contributed by atoms with Crippen molar-refractivity contribution >= 4 is 0 Å². The van der Waals surface area contributed by atoms with Gasteiger partial charge in [-0.15, -0.1) is 0 Å². The van der Waals surface area contributed by atoms with Crippen LogP contribution in [0.3, 0.4) is 0 Å². The van der Waals surface area contributed by atoms with E-state index in [1.54, 1.807) is 0 Å². The highest BCUT2D eigenvalue weighted by Gasteiger charge is 2.24. The van der Waals surface area contributed by atoms with E-state index in [2.05, 4.69) is 50.6 Å². The Labute approximate surface area is 132 Å². The standard InChI is InChI=1S/C17H25N5/c1-20-9-5-16(6-10-20)22(12-15-3-7-18-8-4-15)13-17-11-19-14-21(17)2/h3-4,7-8,11,14,16H,5-6,9-10,12-13H2,1-2H3. The monoisotopic (exact) mass is 299 g/mol. The van der Waals surface area contributed by atoms with Crippen LogP contribution in [0.4, 0.5) is 0 Å². The third-order valence-electron chi connectivity index (χ3n) is 4.62. The number of hydrogen-bond donors (Lipinski definition) is 0. The lowest BCUT2D eigenvalue weighted by atomic mass is 10.0. The number of likely N-dealkylation sites (tertiary alicyclic amines) is 1. The van der Waals surface area contributed by atoms with Crippen LogP contribution in [0.1, 0.15) is 24.1 Å². The van der Waals surface area contributed by atoms with Gasteiger partial charge in [-0.25, -0.2) is 4.98 Å². The summed E-state index contributed by atoms with van der Waals surface area (Å²) in [6.07, 6.45) is 10.1. The second kappa shape index (κ2) is 7.03. The van der Waals surface area contributed by atoms with Crippen LogP contribution in [0.5, 0.6) is 0 Å². The van der Waals surface area contributed by atoms with Crippen LogP contribution in [0, 0.1) is 0 Å². The molecule has 0 unspecified atom stereocenters. The lowest BCUT2D eigenvalue weighted by molar-refractivity contribution is 0.106. The zero-order valence-corrected chi connectivity index (χ0v) is 13.5. The van der Waals surface area contributed by atoms with Crippen LogP contribution >= 0.6 is 0 Å². The molecule has 1 fully saturated rings. The molecule has 1 saturated heterocycles. The zero-order valence-electron chi connectivity index (χ0n) is 13.5. The number of nitrogens with zero attached hydrogens (tertiary/aromatic N) is 5. The van der Waals surface area contributed by atoms with Gasteiger partial charge in [-0.2, -0.15) is 0 Å². The van der Waals surface area contributed by atoms with Crippen LogP contribution in [-0.4, -0.2) is 50.5 Å². The summed E-state index contributed by atoms with van der Waals surface area (Å²) in [7, 11) is 4.28. The van der Waals surface area contributed by atoms with Crippen molar-refractivity contribution in [2.45, 2.75) is 32.0 Å². The van der Waals surface area contributed by atoms with Gasteiger partial charge in [0.2, 0.25) is 0 Å². The molecule has 0 amide bonds. The van der Waals surface area contributed by atoms with E-state index in [1.165, 1.54) is 37.2 Å². The Hall–Kier alpha value is -1.72. The van der Waals surface area contributed by atoms with E-state index in [0.29, 0.717) is 6.04 Å². The van der Waals surface area contributed by atoms with Gasteiger partial charge in [-0.05, 0) is 50.7 Å². The van der Waals surface area contributed by atoms with Gasteiger partial charge in [-0.3, -0.25) is 9.88 Å². The van der Waals surface area contributed by atoms with Crippen molar-refractivity contribution in [2.24, 2.45) is 7.05 Å². The fourth-order valence-electron chi connectivity index (χ4n) is 3.14. The number of piperidine rings is 1. The maximum absolute atomic E-state index is 4.26. The Morgan fingerprint density at radius 3 is 2.45 bits per heavy atom. The highest BCUT2D eigenvalue weighted by Crippen LogP contribution is 2.20. The van der Waals surface area contributed by atoms with E-state index in [-0.39, 0.29) is 0 Å². The maximum Gasteiger partial charge on any atom is 0.0945 e. The van der Waals surface area contributed by atoms with Crippen LogP contribution in [-0.2, 0) is 20.1 Å². The van der Waals surface area contributed by atoms with Crippen LogP contribution in [0.2, 0.25) is 0 Å². The molecule has 0 aromatic carbocycles. The van der Waals surface area contributed by atoms with Gasteiger partial charge in [0.15, 0.2) is 0 Å². The second-order valence-corrected chi connectivity index (χ2v) is 6.29. The normalized spacial score (nSPS) is 17.2. The summed E-state index contributed by atoms with van der Waals surface area (Å²) in [5, 5.41) is 0. The van der Waals surface area contributed by atoms with E-state index < -0.39 is 0 Å². The molecule has 5 nitrogen and oxygen atoms in total. The van der Waals surface area contributed by atoms with Gasteiger partial charge in [0.05, 0.1) is 12.0 Å². The van der Waals surface area contributed by atoms with Gasteiger partial charge < -0.3 is 9.47 Å². The van der Waals surface area contributed by atoms with Crippen molar-refractivity contribution in [3.8, 4) is 0 Å². The Kier molecular flexibility index (Phi) is 4.85. The van der Waals surface area contributed by atoms with Crippen molar-refractivity contribution in [3.05, 3.63) is 48.3 Å². The molecule has 0 aliphatic carbocycles. The first-order chi connectivity index (χ1) is 10.7. The molecule has 118 valence electrons. The highest BCUT2D eigenvalue weighted by molar-refractivity contribution is 5.10. The van der Waals surface area contributed by atoms with Crippen LogP contribution < -0.4 is 0 Å². The average Bonchev–Trinajstić information content (AvgIpc) is 2.94. The summed E-state index contributed by atoms with van der Waals surface area (Å²) in [4.78, 5) is 13.4. The van der Waals surface area contributed by atoms with Gasteiger partial charge >= 0.3 is 0 Å². The lowest BCUT2D eigenvalue weighted by Gasteiger charge is -2.37. The smallest absolute Gasteiger partial charge is 0.0945 e. The zero-order chi connectivity index (χ0) is 15.4. The van der Waals surface area contributed by atoms with Crippen molar-refractivity contribution in [3.63, 3.8) is 0 Å². The third-order valence-corrected chi connectivity index (χ3v) is 4.62. The molecule has 5 heteroatoms. The van der Waals surface area contributed by atoms with Crippen LogP contribution in [0.15, 0.2) is 37.1 Å². The molecular weight excluding hydrogens is 274 g/mol. The van der Waals surface area contributed by atoms with Gasteiger partial charge in [0.1, 0.15) is 0 Å². The first-order valence-electron chi connectivity index (χ1n) is 7.99. The fourth-order valence-corrected chi connectivity index (χ4v) is 3.14. The van der Waals surface area contributed by atoms with E-state index in [9.17, 15) is 0 Å². The van der Waals surface area contributed by atoms with E-state index in [4.69, 9.17) is 0 Å². The molecule has 0 atom stereocenters. The molecule has 3 heterocycles. The fraction of sp³-hybridized carbons (Fsp3) is 0.529. The third kappa shape index (κ3) is 3.72. The minimum Gasteiger partial charge on any atom is -0.337 e. The number of pyridine rings is 1. The largest absolute Gasteiger partial charge is 0.337 e. The van der Waals surface area contributed by atoms with Crippen LogP contribution in [0.25, 0.3) is 0 Å². The van der Waals surface area contributed by atoms with Crippen molar-refractivity contribution in [2.75, 3.05) is 20.1 Å². The summed E-state index contributed by atoms with van der Waals surface area (Å²) in [6, 6.07) is 4.87. The molecule has 0 radical (unpaired) electrons. The SMILES string of the molecule is CN1CCC(N(Cc2ccncc2)Cc2cncn2C)CC1. The van der Waals surface area contributed by atoms with Gasteiger partial charge in [0.25, 0.3) is 0 Å². The Morgan fingerprint density at radius 2 is 1.82 bits per heavy atom. The molecule has 2 aromatic rings. The van der Waals surface area contributed by atoms with Gasteiger partial charge in [-0.1, -0.05) is 0 Å². The van der Waals surface area contributed by atoms with E-state index >= 15 is 0 Å². The van der Waals surface area contributed by atoms with Crippen molar-refractivity contribution in [1.82, 2.24) is 24.3 Å².